The summed E-state index contributed by atoms with van der Waals surface area (Å²) in [7, 11) is 1.62. The zero-order valence-corrected chi connectivity index (χ0v) is 15.0. The maximum Gasteiger partial charge on any atom is 0.226 e. The van der Waals surface area contributed by atoms with Crippen molar-refractivity contribution >= 4 is 17.2 Å². The molecule has 6 heteroatoms. The van der Waals surface area contributed by atoms with Gasteiger partial charge in [0.05, 0.1) is 23.7 Å². The SMILES string of the molecule is COc1cccc2c1OC[C@@H](C(=O)NCCc1nc(C)c(C)s1)C2. The number of carbonyl (C=O) groups is 1. The molecule has 1 N–H and O–H groups in total. The summed E-state index contributed by atoms with van der Waals surface area (Å²) in [6.45, 7) is 5.07. The maximum absolute atomic E-state index is 12.4. The Morgan fingerprint density at radius 1 is 1.46 bits per heavy atom. The van der Waals surface area contributed by atoms with Crippen molar-refractivity contribution in [2.75, 3.05) is 20.3 Å². The molecule has 1 aromatic carbocycles. The third-order valence-corrected chi connectivity index (χ3v) is 5.39. The van der Waals surface area contributed by atoms with E-state index in [4.69, 9.17) is 9.47 Å². The molecule has 1 aromatic heterocycles. The van der Waals surface area contributed by atoms with Crippen LogP contribution in [0, 0.1) is 19.8 Å². The third kappa shape index (κ3) is 3.53. The summed E-state index contributed by atoms with van der Waals surface area (Å²) < 4.78 is 11.1. The van der Waals surface area contributed by atoms with Crippen LogP contribution in [0.3, 0.4) is 0 Å². The van der Waals surface area contributed by atoms with Crippen LogP contribution in [0.1, 0.15) is 21.1 Å². The van der Waals surface area contributed by atoms with E-state index in [-0.39, 0.29) is 11.8 Å². The molecule has 0 unspecified atom stereocenters. The molecule has 0 aliphatic carbocycles. The topological polar surface area (TPSA) is 60.5 Å². The van der Waals surface area contributed by atoms with Crippen molar-refractivity contribution in [2.45, 2.75) is 26.7 Å². The molecule has 2 aromatic rings. The van der Waals surface area contributed by atoms with Crippen molar-refractivity contribution in [3.8, 4) is 11.5 Å². The van der Waals surface area contributed by atoms with Crippen molar-refractivity contribution < 1.29 is 14.3 Å². The molecule has 3 rings (SSSR count). The van der Waals surface area contributed by atoms with Gasteiger partial charge in [-0.2, -0.15) is 0 Å². The smallest absolute Gasteiger partial charge is 0.226 e. The van der Waals surface area contributed by atoms with E-state index >= 15 is 0 Å². The second kappa shape index (κ2) is 7.21. The van der Waals surface area contributed by atoms with Crippen molar-refractivity contribution in [2.24, 2.45) is 5.92 Å². The summed E-state index contributed by atoms with van der Waals surface area (Å²) in [5.74, 6) is 1.36. The van der Waals surface area contributed by atoms with Gasteiger partial charge in [-0.1, -0.05) is 12.1 Å². The summed E-state index contributed by atoms with van der Waals surface area (Å²) in [5.41, 5.74) is 2.10. The summed E-state index contributed by atoms with van der Waals surface area (Å²) in [5, 5.41) is 4.08. The van der Waals surface area contributed by atoms with E-state index < -0.39 is 0 Å². The number of thiazole rings is 1. The number of ether oxygens (including phenoxy) is 2. The Morgan fingerprint density at radius 2 is 2.29 bits per heavy atom. The van der Waals surface area contributed by atoms with Crippen molar-refractivity contribution in [1.29, 1.82) is 0 Å². The van der Waals surface area contributed by atoms with Crippen LogP contribution in [-0.4, -0.2) is 31.2 Å². The Morgan fingerprint density at radius 3 is 3.00 bits per heavy atom. The van der Waals surface area contributed by atoms with Crippen LogP contribution in [0.15, 0.2) is 18.2 Å². The second-order valence-electron chi connectivity index (χ2n) is 5.95. The summed E-state index contributed by atoms with van der Waals surface area (Å²) in [4.78, 5) is 18.1. The molecule has 0 bridgehead atoms. The van der Waals surface area contributed by atoms with E-state index in [9.17, 15) is 4.79 Å². The molecule has 1 atom stereocenters. The predicted octanol–water partition coefficient (Wildman–Crippen LogP) is 2.68. The van der Waals surface area contributed by atoms with Gasteiger partial charge in [-0.3, -0.25) is 4.79 Å². The Bertz CT molecular complexity index is 722. The first-order chi connectivity index (χ1) is 11.6. The molecule has 128 valence electrons. The van der Waals surface area contributed by atoms with Gasteiger partial charge >= 0.3 is 0 Å². The molecule has 5 nitrogen and oxygen atoms in total. The minimum atomic E-state index is -0.163. The largest absolute Gasteiger partial charge is 0.493 e. The fourth-order valence-electron chi connectivity index (χ4n) is 2.81. The van der Waals surface area contributed by atoms with Crippen LogP contribution in [0.4, 0.5) is 0 Å². The Labute approximate surface area is 146 Å². The zero-order valence-electron chi connectivity index (χ0n) is 14.2. The van der Waals surface area contributed by atoms with Gasteiger partial charge in [0.15, 0.2) is 11.5 Å². The van der Waals surface area contributed by atoms with Crippen LogP contribution in [0.5, 0.6) is 11.5 Å². The predicted molar refractivity (Wildman–Crippen MR) is 94.0 cm³/mol. The Balaban J connectivity index is 1.54. The van der Waals surface area contributed by atoms with E-state index in [1.165, 1.54) is 4.88 Å². The average molecular weight is 346 g/mol. The van der Waals surface area contributed by atoms with Crippen LogP contribution in [0.25, 0.3) is 0 Å². The van der Waals surface area contributed by atoms with E-state index in [1.54, 1.807) is 18.4 Å². The van der Waals surface area contributed by atoms with E-state index in [1.807, 2.05) is 25.1 Å². The first-order valence-corrected chi connectivity index (χ1v) is 8.89. The number of carbonyl (C=O) groups excluding carboxylic acids is 1. The summed E-state index contributed by atoms with van der Waals surface area (Å²) in [6, 6.07) is 5.78. The number of amides is 1. The number of aryl methyl sites for hydroxylation is 2. The number of fused-ring (bicyclic) bond motifs is 1. The fraction of sp³-hybridized carbons (Fsp3) is 0.444. The number of methoxy groups -OCH3 is 1. The highest BCUT2D eigenvalue weighted by atomic mass is 32.1. The van der Waals surface area contributed by atoms with Crippen LogP contribution in [0.2, 0.25) is 0 Å². The minimum Gasteiger partial charge on any atom is -0.493 e. The highest BCUT2D eigenvalue weighted by Crippen LogP contribution is 2.36. The maximum atomic E-state index is 12.4. The van der Waals surface area contributed by atoms with Crippen molar-refractivity contribution in [1.82, 2.24) is 10.3 Å². The van der Waals surface area contributed by atoms with Gasteiger partial charge in [-0.05, 0) is 31.9 Å². The number of hydrogen-bond acceptors (Lipinski definition) is 5. The molecular formula is C18H22N2O3S. The number of nitrogens with one attached hydrogen (secondary N) is 1. The zero-order chi connectivity index (χ0) is 17.1. The van der Waals surface area contributed by atoms with Gasteiger partial charge in [0, 0.05) is 17.8 Å². The minimum absolute atomic E-state index is 0.0356. The standard InChI is InChI=1S/C18H22N2O3S/c1-11-12(2)24-16(20-11)7-8-19-18(21)14-9-13-5-4-6-15(22-3)17(13)23-10-14/h4-6,14H,7-10H2,1-3H3,(H,19,21)/t14-/m0/s1. The average Bonchev–Trinajstić information content (AvgIpc) is 2.91. The highest BCUT2D eigenvalue weighted by molar-refractivity contribution is 7.11. The molecule has 0 spiro atoms. The normalized spacial score (nSPS) is 16.2. The molecular weight excluding hydrogens is 324 g/mol. The van der Waals surface area contributed by atoms with E-state index in [0.29, 0.717) is 19.6 Å². The first kappa shape index (κ1) is 16.8. The van der Waals surface area contributed by atoms with Crippen LogP contribution in [-0.2, 0) is 17.6 Å². The molecule has 1 amide bonds. The molecule has 0 saturated heterocycles. The second-order valence-corrected chi connectivity index (χ2v) is 7.24. The van der Waals surface area contributed by atoms with Gasteiger partial charge in [0.25, 0.3) is 0 Å². The lowest BCUT2D eigenvalue weighted by Crippen LogP contribution is -2.38. The van der Waals surface area contributed by atoms with E-state index in [0.717, 1.165) is 34.2 Å². The van der Waals surface area contributed by atoms with Gasteiger partial charge < -0.3 is 14.8 Å². The number of hydrogen-bond donors (Lipinski definition) is 1. The van der Waals surface area contributed by atoms with Gasteiger partial charge in [-0.15, -0.1) is 11.3 Å². The summed E-state index contributed by atoms with van der Waals surface area (Å²) >= 11 is 1.70. The van der Waals surface area contributed by atoms with Crippen molar-refractivity contribution in [3.63, 3.8) is 0 Å². The Hall–Kier alpha value is -2.08. The number of nitrogens with zero attached hydrogens (tertiary/aromatic N) is 1. The number of benzene rings is 1. The fourth-order valence-corrected chi connectivity index (χ4v) is 3.74. The third-order valence-electron chi connectivity index (χ3n) is 4.26. The molecule has 0 radical (unpaired) electrons. The lowest BCUT2D eigenvalue weighted by atomic mass is 9.95. The molecule has 1 aliphatic heterocycles. The van der Waals surface area contributed by atoms with Crippen LogP contribution < -0.4 is 14.8 Å². The lowest BCUT2D eigenvalue weighted by molar-refractivity contribution is -0.126. The molecule has 1 aliphatic rings. The van der Waals surface area contributed by atoms with Gasteiger partial charge in [0.1, 0.15) is 6.61 Å². The molecule has 0 fully saturated rings. The molecule has 24 heavy (non-hydrogen) atoms. The quantitative estimate of drug-likeness (QED) is 0.904. The number of aromatic nitrogens is 1. The molecule has 2 heterocycles. The first-order valence-electron chi connectivity index (χ1n) is 8.07. The summed E-state index contributed by atoms with van der Waals surface area (Å²) in [6.07, 6.45) is 1.44. The lowest BCUT2D eigenvalue weighted by Gasteiger charge is -2.25. The number of para-hydroxylation sites is 1. The monoisotopic (exact) mass is 346 g/mol. The number of rotatable bonds is 5. The van der Waals surface area contributed by atoms with Crippen LogP contribution >= 0.6 is 11.3 Å². The Kier molecular flexibility index (Phi) is 5.04. The van der Waals surface area contributed by atoms with Gasteiger partial charge in [0.2, 0.25) is 5.91 Å². The van der Waals surface area contributed by atoms with E-state index in [2.05, 4.69) is 17.2 Å². The molecule has 0 saturated carbocycles. The highest BCUT2D eigenvalue weighted by Gasteiger charge is 2.27. The van der Waals surface area contributed by atoms with Crippen molar-refractivity contribution in [3.05, 3.63) is 39.3 Å². The van der Waals surface area contributed by atoms with Gasteiger partial charge in [-0.25, -0.2) is 4.98 Å².